The Morgan fingerprint density at radius 1 is 1.00 bits per heavy atom. The molecule has 0 aliphatic carbocycles. The van der Waals surface area contributed by atoms with Crippen molar-refractivity contribution in [2.75, 3.05) is 11.9 Å². The van der Waals surface area contributed by atoms with Gasteiger partial charge >= 0.3 is 0 Å². The van der Waals surface area contributed by atoms with Gasteiger partial charge in [-0.25, -0.2) is 0 Å². The van der Waals surface area contributed by atoms with Crippen LogP contribution in [0.2, 0.25) is 0 Å². The summed E-state index contributed by atoms with van der Waals surface area (Å²) in [6.45, 7) is 3.20. The molecular weight excluding hydrogens is 376 g/mol. The number of hydrogen-bond donors (Lipinski definition) is 2. The highest BCUT2D eigenvalue weighted by Crippen LogP contribution is 2.38. The second-order valence-electron chi connectivity index (χ2n) is 7.22. The number of anilines is 1. The zero-order chi connectivity index (χ0) is 20.9. The minimum atomic E-state index is -0.242. The first kappa shape index (κ1) is 19.7. The average Bonchev–Trinajstić information content (AvgIpc) is 3.17. The van der Waals surface area contributed by atoms with Crippen LogP contribution in [0.3, 0.4) is 0 Å². The Hall–Kier alpha value is -3.60. The lowest BCUT2D eigenvalue weighted by molar-refractivity contribution is 0.0966. The fourth-order valence-electron chi connectivity index (χ4n) is 3.63. The molecule has 30 heavy (non-hydrogen) atoms. The molecule has 2 amide bonds. The topological polar surface area (TPSA) is 67.4 Å². The van der Waals surface area contributed by atoms with Crippen LogP contribution in [-0.2, 0) is 6.54 Å². The van der Waals surface area contributed by atoms with Crippen molar-refractivity contribution in [2.24, 2.45) is 0 Å². The Morgan fingerprint density at radius 2 is 1.77 bits per heavy atom. The molecule has 152 valence electrons. The fraction of sp³-hybridized carbons (Fsp3) is 0.200. The SMILES string of the molecule is CCCCOc1ccccc1-c1ccc(NC(=O)c2ccccc2)c2c1CNC2=O. The van der Waals surface area contributed by atoms with Crippen molar-refractivity contribution in [3.8, 4) is 16.9 Å². The highest BCUT2D eigenvalue weighted by molar-refractivity contribution is 6.11. The molecule has 0 aromatic heterocycles. The van der Waals surface area contributed by atoms with Crippen LogP contribution in [0.5, 0.6) is 5.75 Å². The van der Waals surface area contributed by atoms with E-state index in [2.05, 4.69) is 17.6 Å². The lowest BCUT2D eigenvalue weighted by Gasteiger charge is -2.16. The first-order chi connectivity index (χ1) is 14.7. The number of para-hydroxylation sites is 1. The molecule has 0 fully saturated rings. The maximum Gasteiger partial charge on any atom is 0.255 e. The van der Waals surface area contributed by atoms with Crippen LogP contribution in [0.1, 0.15) is 46.0 Å². The predicted molar refractivity (Wildman–Crippen MR) is 118 cm³/mol. The van der Waals surface area contributed by atoms with E-state index in [9.17, 15) is 9.59 Å². The van der Waals surface area contributed by atoms with Crippen molar-refractivity contribution in [2.45, 2.75) is 26.3 Å². The summed E-state index contributed by atoms with van der Waals surface area (Å²) in [5, 5.41) is 5.78. The van der Waals surface area contributed by atoms with Crippen LogP contribution in [0, 0.1) is 0 Å². The molecule has 0 saturated carbocycles. The van der Waals surface area contributed by atoms with E-state index < -0.39 is 0 Å². The number of benzene rings is 3. The third kappa shape index (κ3) is 3.92. The Labute approximate surface area is 176 Å². The predicted octanol–water partition coefficient (Wildman–Crippen LogP) is 5.03. The van der Waals surface area contributed by atoms with Crippen LogP contribution in [0.15, 0.2) is 66.7 Å². The summed E-state index contributed by atoms with van der Waals surface area (Å²) in [6.07, 6.45) is 2.04. The van der Waals surface area contributed by atoms with Gasteiger partial charge in [0, 0.05) is 17.7 Å². The summed E-state index contributed by atoms with van der Waals surface area (Å²) >= 11 is 0. The molecule has 0 radical (unpaired) electrons. The van der Waals surface area contributed by atoms with E-state index in [0.29, 0.717) is 30.0 Å². The monoisotopic (exact) mass is 400 g/mol. The van der Waals surface area contributed by atoms with Gasteiger partial charge in [0.25, 0.3) is 11.8 Å². The maximum absolute atomic E-state index is 12.6. The quantitative estimate of drug-likeness (QED) is 0.547. The third-order valence-electron chi connectivity index (χ3n) is 5.18. The summed E-state index contributed by atoms with van der Waals surface area (Å²) < 4.78 is 6.00. The summed E-state index contributed by atoms with van der Waals surface area (Å²) in [5.74, 6) is 0.377. The van der Waals surface area contributed by atoms with Gasteiger partial charge in [0.15, 0.2) is 0 Å². The van der Waals surface area contributed by atoms with E-state index in [0.717, 1.165) is 35.3 Å². The normalized spacial score (nSPS) is 12.2. The van der Waals surface area contributed by atoms with Crippen LogP contribution in [0.4, 0.5) is 5.69 Å². The molecule has 0 bridgehead atoms. The largest absolute Gasteiger partial charge is 0.493 e. The highest BCUT2D eigenvalue weighted by atomic mass is 16.5. The van der Waals surface area contributed by atoms with Crippen molar-refractivity contribution >= 4 is 17.5 Å². The highest BCUT2D eigenvalue weighted by Gasteiger charge is 2.27. The second-order valence-corrected chi connectivity index (χ2v) is 7.22. The van der Waals surface area contributed by atoms with Gasteiger partial charge in [-0.3, -0.25) is 9.59 Å². The first-order valence-electron chi connectivity index (χ1n) is 10.2. The fourth-order valence-corrected chi connectivity index (χ4v) is 3.63. The molecule has 0 spiro atoms. The van der Waals surface area contributed by atoms with Crippen molar-refractivity contribution < 1.29 is 14.3 Å². The number of amides is 2. The number of carbonyl (C=O) groups is 2. The number of carbonyl (C=O) groups excluding carboxylic acids is 2. The van der Waals surface area contributed by atoms with Gasteiger partial charge in [-0.2, -0.15) is 0 Å². The molecule has 4 rings (SSSR count). The second kappa shape index (κ2) is 8.82. The van der Waals surface area contributed by atoms with E-state index >= 15 is 0 Å². The first-order valence-corrected chi connectivity index (χ1v) is 10.2. The molecule has 5 heteroatoms. The molecule has 0 atom stereocenters. The van der Waals surface area contributed by atoms with Crippen LogP contribution in [-0.4, -0.2) is 18.4 Å². The van der Waals surface area contributed by atoms with Crippen LogP contribution < -0.4 is 15.4 Å². The summed E-state index contributed by atoms with van der Waals surface area (Å²) in [4.78, 5) is 25.2. The summed E-state index contributed by atoms with van der Waals surface area (Å²) in [5.41, 5.74) is 4.33. The number of hydrogen-bond acceptors (Lipinski definition) is 3. The minimum Gasteiger partial charge on any atom is -0.493 e. The molecule has 0 unspecified atom stereocenters. The van der Waals surface area contributed by atoms with Crippen molar-refractivity contribution in [1.82, 2.24) is 5.32 Å². The summed E-state index contributed by atoms with van der Waals surface area (Å²) in [7, 11) is 0. The van der Waals surface area contributed by atoms with Crippen molar-refractivity contribution in [1.29, 1.82) is 0 Å². The van der Waals surface area contributed by atoms with Gasteiger partial charge in [0.2, 0.25) is 0 Å². The Bertz CT molecular complexity index is 1080. The van der Waals surface area contributed by atoms with Crippen LogP contribution >= 0.6 is 0 Å². The Balaban J connectivity index is 1.70. The number of nitrogens with one attached hydrogen (secondary N) is 2. The third-order valence-corrected chi connectivity index (χ3v) is 5.18. The van der Waals surface area contributed by atoms with Crippen molar-refractivity contribution in [3.05, 3.63) is 83.4 Å². The smallest absolute Gasteiger partial charge is 0.255 e. The number of fused-ring (bicyclic) bond motifs is 1. The van der Waals surface area contributed by atoms with Gasteiger partial charge in [-0.15, -0.1) is 0 Å². The minimum absolute atomic E-state index is 0.181. The molecule has 1 aliphatic rings. The lowest BCUT2D eigenvalue weighted by Crippen LogP contribution is -2.17. The molecule has 5 nitrogen and oxygen atoms in total. The summed E-state index contributed by atoms with van der Waals surface area (Å²) in [6, 6.07) is 20.6. The van der Waals surface area contributed by atoms with Gasteiger partial charge in [0.05, 0.1) is 17.9 Å². The van der Waals surface area contributed by atoms with E-state index in [1.807, 2.05) is 48.5 Å². The molecule has 3 aromatic rings. The van der Waals surface area contributed by atoms with Crippen LogP contribution in [0.25, 0.3) is 11.1 Å². The van der Waals surface area contributed by atoms with Gasteiger partial charge in [-0.05, 0) is 41.8 Å². The van der Waals surface area contributed by atoms with E-state index in [-0.39, 0.29) is 11.8 Å². The van der Waals surface area contributed by atoms with Gasteiger partial charge < -0.3 is 15.4 Å². The molecular formula is C25H24N2O3. The van der Waals surface area contributed by atoms with E-state index in [1.54, 1.807) is 18.2 Å². The molecule has 1 aliphatic heterocycles. The molecule has 2 N–H and O–H groups in total. The molecule has 1 heterocycles. The van der Waals surface area contributed by atoms with E-state index in [1.165, 1.54) is 0 Å². The number of unbranched alkanes of at least 4 members (excludes halogenated alkanes) is 1. The van der Waals surface area contributed by atoms with Crippen molar-refractivity contribution in [3.63, 3.8) is 0 Å². The van der Waals surface area contributed by atoms with Gasteiger partial charge in [-0.1, -0.05) is 55.8 Å². The zero-order valence-corrected chi connectivity index (χ0v) is 16.9. The molecule has 0 saturated heterocycles. The standard InChI is InChI=1S/C25H24N2O3/c1-2-3-15-30-22-12-8-7-11-19(22)18-13-14-21(23-20(18)16-26-25(23)29)27-24(28)17-9-5-4-6-10-17/h4-14H,2-3,15-16H2,1H3,(H,26,29)(H,27,28). The van der Waals surface area contributed by atoms with E-state index in [4.69, 9.17) is 4.74 Å². The zero-order valence-electron chi connectivity index (χ0n) is 16.9. The lowest BCUT2D eigenvalue weighted by atomic mass is 9.95. The maximum atomic E-state index is 12.6. The van der Waals surface area contributed by atoms with Gasteiger partial charge in [0.1, 0.15) is 5.75 Å². The molecule has 3 aromatic carbocycles. The Morgan fingerprint density at radius 3 is 2.57 bits per heavy atom. The number of ether oxygens (including phenoxy) is 1. The number of rotatable bonds is 7. The Kier molecular flexibility index (Phi) is 5.80. The average molecular weight is 400 g/mol.